The van der Waals surface area contributed by atoms with Crippen LogP contribution in [0.4, 0.5) is 0 Å². The van der Waals surface area contributed by atoms with Crippen molar-refractivity contribution in [2.24, 2.45) is 22.7 Å². The quantitative estimate of drug-likeness (QED) is 0.572. The second-order valence-electron chi connectivity index (χ2n) is 10.1. The molecule has 9 atom stereocenters. The Balaban J connectivity index is 1.52. The van der Waals surface area contributed by atoms with Gasteiger partial charge in [0.05, 0.1) is 37.3 Å². The molecule has 5 aliphatic rings. The minimum absolute atomic E-state index is 0.0419. The Morgan fingerprint density at radius 1 is 1.29 bits per heavy atom. The lowest BCUT2D eigenvalue weighted by atomic mass is 9.42. The molecular weight excluding hydrogens is 404 g/mol. The fraction of sp³-hybridized carbons (Fsp3) is 0.783. The smallest absolute Gasteiger partial charge is 0.303 e. The second-order valence-corrected chi connectivity index (χ2v) is 10.1. The molecule has 2 saturated carbocycles. The van der Waals surface area contributed by atoms with Crippen LogP contribution < -0.4 is 0 Å². The lowest BCUT2D eigenvalue weighted by Gasteiger charge is -2.62. The molecule has 0 amide bonds. The third-order valence-corrected chi connectivity index (χ3v) is 9.18. The van der Waals surface area contributed by atoms with E-state index >= 15 is 0 Å². The van der Waals surface area contributed by atoms with Crippen molar-refractivity contribution in [3.8, 4) is 0 Å². The van der Waals surface area contributed by atoms with E-state index in [1.165, 1.54) is 6.92 Å². The van der Waals surface area contributed by atoms with Crippen molar-refractivity contribution < 1.29 is 38.0 Å². The Labute approximate surface area is 181 Å². The zero-order chi connectivity index (χ0) is 21.6. The summed E-state index contributed by atoms with van der Waals surface area (Å²) in [5.74, 6) is -2.40. The van der Waals surface area contributed by atoms with Crippen LogP contribution in [0.15, 0.2) is 23.0 Å². The molecule has 31 heavy (non-hydrogen) atoms. The van der Waals surface area contributed by atoms with Gasteiger partial charge in [-0.15, -0.1) is 0 Å². The highest BCUT2D eigenvalue weighted by Crippen LogP contribution is 2.76. The summed E-state index contributed by atoms with van der Waals surface area (Å²) < 4.78 is 35.9. The molecular formula is C23H30O8. The molecule has 0 unspecified atom stereocenters. The Bertz CT molecular complexity index is 880. The zero-order valence-electron chi connectivity index (χ0n) is 18.2. The highest BCUT2D eigenvalue weighted by molar-refractivity contribution is 5.66. The zero-order valence-corrected chi connectivity index (χ0v) is 18.2. The van der Waals surface area contributed by atoms with E-state index < -0.39 is 40.6 Å². The molecule has 5 fully saturated rings. The van der Waals surface area contributed by atoms with Crippen molar-refractivity contribution in [1.82, 2.24) is 0 Å². The molecule has 6 rings (SSSR count). The Kier molecular flexibility index (Phi) is 4.11. The van der Waals surface area contributed by atoms with E-state index in [9.17, 15) is 9.90 Å². The number of carbonyl (C=O) groups is 1. The van der Waals surface area contributed by atoms with Crippen molar-refractivity contribution in [1.29, 1.82) is 0 Å². The predicted octanol–water partition coefficient (Wildman–Crippen LogP) is 2.56. The minimum Gasteiger partial charge on any atom is -0.472 e. The lowest BCUT2D eigenvalue weighted by Crippen LogP contribution is -2.73. The molecule has 8 nitrogen and oxygen atoms in total. The maximum atomic E-state index is 12.1. The van der Waals surface area contributed by atoms with E-state index in [0.29, 0.717) is 19.6 Å². The number of aliphatic hydroxyl groups is 1. The van der Waals surface area contributed by atoms with E-state index in [2.05, 4.69) is 0 Å². The third-order valence-electron chi connectivity index (χ3n) is 9.18. The van der Waals surface area contributed by atoms with Crippen LogP contribution in [0, 0.1) is 22.7 Å². The maximum absolute atomic E-state index is 12.1. The highest BCUT2D eigenvalue weighted by Gasteiger charge is 2.86. The van der Waals surface area contributed by atoms with E-state index in [0.717, 1.165) is 24.8 Å². The first kappa shape index (κ1) is 20.2. The molecule has 3 spiro atoms. The fourth-order valence-electron chi connectivity index (χ4n) is 7.81. The topological polar surface area (TPSA) is 99.9 Å². The summed E-state index contributed by atoms with van der Waals surface area (Å²) in [4.78, 5) is 12.1. The van der Waals surface area contributed by atoms with Crippen molar-refractivity contribution >= 4 is 5.97 Å². The van der Waals surface area contributed by atoms with Gasteiger partial charge in [0, 0.05) is 30.9 Å². The largest absolute Gasteiger partial charge is 0.472 e. The molecule has 0 aromatic carbocycles. The molecule has 2 bridgehead atoms. The van der Waals surface area contributed by atoms with Gasteiger partial charge < -0.3 is 33.2 Å². The molecule has 2 aliphatic carbocycles. The van der Waals surface area contributed by atoms with E-state index in [-0.39, 0.29) is 17.9 Å². The number of furan rings is 1. The van der Waals surface area contributed by atoms with Crippen molar-refractivity contribution in [3.63, 3.8) is 0 Å². The van der Waals surface area contributed by atoms with Crippen LogP contribution in [0.2, 0.25) is 0 Å². The SMILES string of the molecule is CO[C@H]1O[C@H](c2ccoc2)C[C@]12[C@H](C)[C@]1(O)OC[C@]3([C@@H]2CCC[C@]32CO2)[C@H]1OC(C)=O. The van der Waals surface area contributed by atoms with Gasteiger partial charge in [0.1, 0.15) is 5.60 Å². The van der Waals surface area contributed by atoms with Gasteiger partial charge in [-0.2, -0.15) is 0 Å². The van der Waals surface area contributed by atoms with Gasteiger partial charge >= 0.3 is 5.97 Å². The number of hydrogen-bond acceptors (Lipinski definition) is 8. The number of esters is 1. The molecule has 3 aliphatic heterocycles. The normalized spacial score (nSPS) is 52.5. The second kappa shape index (κ2) is 6.32. The van der Waals surface area contributed by atoms with Crippen LogP contribution >= 0.6 is 0 Å². The van der Waals surface area contributed by atoms with Crippen molar-refractivity contribution in [3.05, 3.63) is 24.2 Å². The molecule has 8 heteroatoms. The summed E-state index contributed by atoms with van der Waals surface area (Å²) >= 11 is 0. The Morgan fingerprint density at radius 3 is 2.74 bits per heavy atom. The summed E-state index contributed by atoms with van der Waals surface area (Å²) in [6.45, 7) is 4.26. The van der Waals surface area contributed by atoms with Gasteiger partial charge in [0.15, 0.2) is 12.4 Å². The molecule has 3 saturated heterocycles. The molecule has 1 N–H and O–H groups in total. The van der Waals surface area contributed by atoms with Crippen LogP contribution in [-0.2, 0) is 28.5 Å². The summed E-state index contributed by atoms with van der Waals surface area (Å²) in [6.07, 6.45) is 5.25. The van der Waals surface area contributed by atoms with Gasteiger partial charge in [-0.05, 0) is 31.2 Å². The Morgan fingerprint density at radius 2 is 2.10 bits per heavy atom. The first-order valence-corrected chi connectivity index (χ1v) is 11.2. The van der Waals surface area contributed by atoms with Crippen molar-refractivity contribution in [2.45, 2.75) is 69.4 Å². The Hall–Kier alpha value is -1.45. The lowest BCUT2D eigenvalue weighted by molar-refractivity contribution is -0.329. The van der Waals surface area contributed by atoms with Crippen molar-refractivity contribution in [2.75, 3.05) is 20.3 Å². The minimum atomic E-state index is -1.64. The van der Waals surface area contributed by atoms with Crippen LogP contribution in [0.5, 0.6) is 0 Å². The van der Waals surface area contributed by atoms with E-state index in [1.807, 2.05) is 13.0 Å². The number of rotatable bonds is 3. The van der Waals surface area contributed by atoms with Gasteiger partial charge in [0.25, 0.3) is 0 Å². The third kappa shape index (κ3) is 2.25. The van der Waals surface area contributed by atoms with Crippen LogP contribution in [0.1, 0.15) is 51.2 Å². The molecule has 4 heterocycles. The highest BCUT2D eigenvalue weighted by atomic mass is 16.7. The number of epoxide rings is 1. The average Bonchev–Trinajstić information content (AvgIpc) is 3.12. The van der Waals surface area contributed by atoms with Gasteiger partial charge in [-0.3, -0.25) is 4.79 Å². The van der Waals surface area contributed by atoms with E-state index in [1.54, 1.807) is 19.6 Å². The fourth-order valence-corrected chi connectivity index (χ4v) is 7.81. The number of fused-ring (bicyclic) bond motifs is 2. The first-order valence-electron chi connectivity index (χ1n) is 11.2. The van der Waals surface area contributed by atoms with Crippen LogP contribution in [-0.4, -0.2) is 55.2 Å². The molecule has 1 aromatic rings. The summed E-state index contributed by atoms with van der Waals surface area (Å²) in [5, 5.41) is 12.0. The molecule has 0 radical (unpaired) electrons. The van der Waals surface area contributed by atoms with Crippen LogP contribution in [0.25, 0.3) is 0 Å². The molecule has 1 aromatic heterocycles. The number of methoxy groups -OCH3 is 1. The number of carbonyl (C=O) groups excluding carboxylic acids is 1. The molecule has 170 valence electrons. The summed E-state index contributed by atoms with van der Waals surface area (Å²) in [5.41, 5.74) is -0.656. The first-order chi connectivity index (χ1) is 14.8. The number of hydrogen-bond donors (Lipinski definition) is 1. The predicted molar refractivity (Wildman–Crippen MR) is 104 cm³/mol. The average molecular weight is 434 g/mol. The standard InChI is InChI=1S/C23H30O8/c1-13-21(9-16(31-19(21)26-3)15-6-8-27-10-15)17-5-4-7-20(11-28-20)22(17)12-29-23(13,25)18(22)30-14(2)24/h6,8,10,13,16-19,25H,4-5,7,9,11-12H2,1-3H3/t13-,16-,17+,18+,19-,20-,21+,22-,23-/m0/s1. The van der Waals surface area contributed by atoms with Gasteiger partial charge in [-0.25, -0.2) is 0 Å². The monoisotopic (exact) mass is 434 g/mol. The van der Waals surface area contributed by atoms with Crippen LogP contribution in [0.3, 0.4) is 0 Å². The maximum Gasteiger partial charge on any atom is 0.303 e. The van der Waals surface area contributed by atoms with Gasteiger partial charge in [-0.1, -0.05) is 13.3 Å². The van der Waals surface area contributed by atoms with E-state index in [4.69, 9.17) is 28.1 Å². The van der Waals surface area contributed by atoms with Gasteiger partial charge in [0.2, 0.25) is 5.79 Å². The number of ether oxygens (including phenoxy) is 5. The summed E-state index contributed by atoms with van der Waals surface area (Å²) in [7, 11) is 1.65. The summed E-state index contributed by atoms with van der Waals surface area (Å²) in [6, 6.07) is 1.91.